The first-order valence-electron chi connectivity index (χ1n) is 5.65. The minimum Gasteiger partial charge on any atom is -0.389 e. The predicted octanol–water partition coefficient (Wildman–Crippen LogP) is 2.30. The first kappa shape index (κ1) is 12.0. The Morgan fingerprint density at radius 1 is 1.14 bits per heavy atom. The van der Waals surface area contributed by atoms with Crippen molar-refractivity contribution in [3.8, 4) is 0 Å². The first-order chi connectivity index (χ1) is 6.22. The molecule has 0 aromatic heterocycles. The van der Waals surface area contributed by atoms with E-state index in [2.05, 4.69) is 27.7 Å². The maximum absolute atomic E-state index is 10.6. The number of nitrogens with two attached hydrogens (primary N) is 1. The highest BCUT2D eigenvalue weighted by molar-refractivity contribution is 4.98. The largest absolute Gasteiger partial charge is 0.389 e. The monoisotopic (exact) mass is 199 g/mol. The number of hydrogen-bond donors (Lipinski definition) is 2. The topological polar surface area (TPSA) is 46.2 Å². The Morgan fingerprint density at radius 3 is 1.93 bits per heavy atom. The lowest BCUT2D eigenvalue weighted by Gasteiger charge is -2.48. The van der Waals surface area contributed by atoms with Gasteiger partial charge in [0.15, 0.2) is 0 Å². The van der Waals surface area contributed by atoms with Crippen LogP contribution in [0.2, 0.25) is 0 Å². The molecule has 0 amide bonds. The minimum absolute atomic E-state index is 0.149. The standard InChI is InChI=1S/C12H25NO/c1-10(2)5-7-12(14,8-6-10)11(3,4)9-13/h14H,5-9,13H2,1-4H3. The van der Waals surface area contributed by atoms with Crippen LogP contribution < -0.4 is 5.73 Å². The Kier molecular flexibility index (Phi) is 2.99. The highest BCUT2D eigenvalue weighted by atomic mass is 16.3. The molecule has 0 saturated heterocycles. The van der Waals surface area contributed by atoms with E-state index in [1.807, 2.05) is 0 Å². The van der Waals surface area contributed by atoms with Gasteiger partial charge in [0.1, 0.15) is 0 Å². The van der Waals surface area contributed by atoms with E-state index in [0.29, 0.717) is 12.0 Å². The van der Waals surface area contributed by atoms with Crippen LogP contribution in [-0.4, -0.2) is 17.3 Å². The summed E-state index contributed by atoms with van der Waals surface area (Å²) in [6.07, 6.45) is 3.99. The molecule has 1 aliphatic carbocycles. The molecule has 0 radical (unpaired) electrons. The van der Waals surface area contributed by atoms with E-state index in [0.717, 1.165) is 25.7 Å². The second-order valence-electron chi connectivity index (χ2n) is 6.28. The van der Waals surface area contributed by atoms with E-state index in [-0.39, 0.29) is 5.41 Å². The average molecular weight is 199 g/mol. The molecule has 0 heterocycles. The van der Waals surface area contributed by atoms with E-state index in [4.69, 9.17) is 5.73 Å². The smallest absolute Gasteiger partial charge is 0.0710 e. The summed E-state index contributed by atoms with van der Waals surface area (Å²) in [5.41, 5.74) is 5.44. The van der Waals surface area contributed by atoms with Crippen molar-refractivity contribution in [3.05, 3.63) is 0 Å². The number of hydrogen-bond acceptors (Lipinski definition) is 2. The molecule has 0 aromatic carbocycles. The van der Waals surface area contributed by atoms with Crippen molar-refractivity contribution >= 4 is 0 Å². The third-order valence-corrected chi connectivity index (χ3v) is 4.20. The maximum atomic E-state index is 10.6. The van der Waals surface area contributed by atoms with Gasteiger partial charge in [0.2, 0.25) is 0 Å². The predicted molar refractivity (Wildman–Crippen MR) is 60.0 cm³/mol. The zero-order chi connectivity index (χ0) is 11.0. The molecule has 0 spiro atoms. The second kappa shape index (κ2) is 3.49. The van der Waals surface area contributed by atoms with E-state index < -0.39 is 5.60 Å². The van der Waals surface area contributed by atoms with E-state index in [1.54, 1.807) is 0 Å². The molecule has 2 heteroatoms. The molecular weight excluding hydrogens is 174 g/mol. The Morgan fingerprint density at radius 2 is 1.57 bits per heavy atom. The number of aliphatic hydroxyl groups is 1. The van der Waals surface area contributed by atoms with Crippen LogP contribution in [0.3, 0.4) is 0 Å². The van der Waals surface area contributed by atoms with Crippen molar-refractivity contribution in [1.29, 1.82) is 0 Å². The molecule has 84 valence electrons. The highest BCUT2D eigenvalue weighted by Gasteiger charge is 2.46. The van der Waals surface area contributed by atoms with Crippen LogP contribution in [0, 0.1) is 10.8 Å². The SMILES string of the molecule is CC1(C)CCC(O)(C(C)(C)CN)CC1. The molecular formula is C12H25NO. The minimum atomic E-state index is -0.544. The van der Waals surface area contributed by atoms with Crippen LogP contribution in [0.1, 0.15) is 53.4 Å². The Hall–Kier alpha value is -0.0800. The highest BCUT2D eigenvalue weighted by Crippen LogP contribution is 2.47. The molecule has 3 N–H and O–H groups in total. The van der Waals surface area contributed by atoms with Gasteiger partial charge in [-0.25, -0.2) is 0 Å². The Labute approximate surface area is 87.9 Å². The van der Waals surface area contributed by atoms with Gasteiger partial charge < -0.3 is 10.8 Å². The molecule has 0 aromatic rings. The maximum Gasteiger partial charge on any atom is 0.0710 e. The van der Waals surface area contributed by atoms with Crippen LogP contribution in [0.25, 0.3) is 0 Å². The molecule has 0 aliphatic heterocycles. The quantitative estimate of drug-likeness (QED) is 0.717. The molecule has 1 fully saturated rings. The molecule has 2 nitrogen and oxygen atoms in total. The van der Waals surface area contributed by atoms with Gasteiger partial charge in [-0.3, -0.25) is 0 Å². The molecule has 1 rings (SSSR count). The van der Waals surface area contributed by atoms with Crippen LogP contribution in [0.5, 0.6) is 0 Å². The zero-order valence-corrected chi connectivity index (χ0v) is 10.1. The van der Waals surface area contributed by atoms with Crippen molar-refractivity contribution in [3.63, 3.8) is 0 Å². The summed E-state index contributed by atoms with van der Waals surface area (Å²) in [5.74, 6) is 0. The van der Waals surface area contributed by atoms with Crippen LogP contribution in [0.15, 0.2) is 0 Å². The summed E-state index contributed by atoms with van der Waals surface area (Å²) in [5, 5.41) is 10.6. The van der Waals surface area contributed by atoms with Gasteiger partial charge in [0.25, 0.3) is 0 Å². The van der Waals surface area contributed by atoms with Gasteiger partial charge >= 0.3 is 0 Å². The fourth-order valence-electron chi connectivity index (χ4n) is 2.21. The fourth-order valence-corrected chi connectivity index (χ4v) is 2.21. The molecule has 14 heavy (non-hydrogen) atoms. The summed E-state index contributed by atoms with van der Waals surface area (Å²) < 4.78 is 0. The molecule has 0 bridgehead atoms. The summed E-state index contributed by atoms with van der Waals surface area (Å²) in [6.45, 7) is 9.27. The lowest BCUT2D eigenvalue weighted by molar-refractivity contribution is -0.107. The van der Waals surface area contributed by atoms with Gasteiger partial charge in [-0.2, -0.15) is 0 Å². The van der Waals surface area contributed by atoms with Gasteiger partial charge in [-0.05, 0) is 31.1 Å². The Balaban J connectivity index is 2.71. The van der Waals surface area contributed by atoms with E-state index in [9.17, 15) is 5.11 Å². The fraction of sp³-hybridized carbons (Fsp3) is 1.00. The van der Waals surface area contributed by atoms with Crippen molar-refractivity contribution in [2.24, 2.45) is 16.6 Å². The lowest BCUT2D eigenvalue weighted by atomic mass is 9.62. The van der Waals surface area contributed by atoms with Gasteiger partial charge in [0, 0.05) is 12.0 Å². The lowest BCUT2D eigenvalue weighted by Crippen LogP contribution is -2.51. The van der Waals surface area contributed by atoms with Crippen molar-refractivity contribution in [2.75, 3.05) is 6.54 Å². The molecule has 1 saturated carbocycles. The summed E-state index contributed by atoms with van der Waals surface area (Å²) >= 11 is 0. The van der Waals surface area contributed by atoms with E-state index in [1.165, 1.54) is 0 Å². The van der Waals surface area contributed by atoms with Gasteiger partial charge in [-0.1, -0.05) is 27.7 Å². The van der Waals surface area contributed by atoms with Gasteiger partial charge in [-0.15, -0.1) is 0 Å². The second-order valence-corrected chi connectivity index (χ2v) is 6.28. The molecule has 0 atom stereocenters. The summed E-state index contributed by atoms with van der Waals surface area (Å²) in [7, 11) is 0. The first-order valence-corrected chi connectivity index (χ1v) is 5.65. The molecule has 1 aliphatic rings. The third kappa shape index (κ3) is 2.12. The Bertz CT molecular complexity index is 198. The average Bonchev–Trinajstić information content (AvgIpc) is 2.10. The van der Waals surface area contributed by atoms with Crippen LogP contribution in [-0.2, 0) is 0 Å². The number of rotatable bonds is 2. The zero-order valence-electron chi connectivity index (χ0n) is 10.1. The van der Waals surface area contributed by atoms with Crippen molar-refractivity contribution in [1.82, 2.24) is 0 Å². The third-order valence-electron chi connectivity index (χ3n) is 4.20. The van der Waals surface area contributed by atoms with Crippen LogP contribution in [0.4, 0.5) is 0 Å². The van der Waals surface area contributed by atoms with E-state index >= 15 is 0 Å². The van der Waals surface area contributed by atoms with Crippen LogP contribution >= 0.6 is 0 Å². The molecule has 0 unspecified atom stereocenters. The summed E-state index contributed by atoms with van der Waals surface area (Å²) in [4.78, 5) is 0. The van der Waals surface area contributed by atoms with Crippen molar-refractivity contribution in [2.45, 2.75) is 59.0 Å². The summed E-state index contributed by atoms with van der Waals surface area (Å²) in [6, 6.07) is 0. The van der Waals surface area contributed by atoms with Gasteiger partial charge in [0.05, 0.1) is 5.60 Å². The normalized spacial score (nSPS) is 26.1. The van der Waals surface area contributed by atoms with Crippen molar-refractivity contribution < 1.29 is 5.11 Å².